The van der Waals surface area contributed by atoms with E-state index in [1.807, 2.05) is 0 Å². The van der Waals surface area contributed by atoms with E-state index in [1.54, 1.807) is 0 Å². The Hall–Kier alpha value is -2.44. The van der Waals surface area contributed by atoms with Gasteiger partial charge < -0.3 is 24.8 Å². The Labute approximate surface area is 283 Å². The molecule has 0 aromatic heterocycles. The van der Waals surface area contributed by atoms with E-state index in [-0.39, 0.29) is 51.0 Å². The van der Waals surface area contributed by atoms with Crippen molar-refractivity contribution in [3.8, 4) is 0 Å². The van der Waals surface area contributed by atoms with Crippen LogP contribution < -0.4 is 24.8 Å². The van der Waals surface area contributed by atoms with Crippen LogP contribution in [0.5, 0.6) is 0 Å². The Kier molecular flexibility index (Phi) is 10.9. The number of benzene rings is 4. The first-order valence-corrected chi connectivity index (χ1v) is 14.4. The first-order chi connectivity index (χ1) is 18.9. The fourth-order valence-electron chi connectivity index (χ4n) is 7.17. The summed E-state index contributed by atoms with van der Waals surface area (Å²) in [5.41, 5.74) is 10.5. The van der Waals surface area contributed by atoms with Crippen molar-refractivity contribution in [3.63, 3.8) is 0 Å². The van der Waals surface area contributed by atoms with Crippen LogP contribution in [0.3, 0.4) is 0 Å². The molecule has 0 bridgehead atoms. The van der Waals surface area contributed by atoms with Gasteiger partial charge in [-0.15, -0.1) is 80.2 Å². The molecule has 3 heteroatoms. The predicted molar refractivity (Wildman–Crippen MR) is 169 cm³/mol. The molecule has 0 spiro atoms. The van der Waals surface area contributed by atoms with Crippen molar-refractivity contribution in [3.05, 3.63) is 154 Å². The minimum absolute atomic E-state index is 0. The first-order valence-electron chi connectivity index (χ1n) is 14.4. The number of fused-ring (bicyclic) bond motifs is 2. The molecular formula is C39H38Cl2Zr. The van der Waals surface area contributed by atoms with E-state index < -0.39 is 5.41 Å². The van der Waals surface area contributed by atoms with Crippen LogP contribution in [0, 0.1) is 13.8 Å². The summed E-state index contributed by atoms with van der Waals surface area (Å²) < 4.78 is 0. The van der Waals surface area contributed by atoms with E-state index in [9.17, 15) is 0 Å². The van der Waals surface area contributed by atoms with Crippen LogP contribution >= 0.6 is 0 Å². The Morgan fingerprint density at radius 2 is 0.857 bits per heavy atom. The molecule has 0 nitrogen and oxygen atoms in total. The second kappa shape index (κ2) is 13.5. The fourth-order valence-corrected chi connectivity index (χ4v) is 7.17. The summed E-state index contributed by atoms with van der Waals surface area (Å²) in [6.07, 6.45) is 0. The summed E-state index contributed by atoms with van der Waals surface area (Å²) in [6.45, 7) is 14.0. The number of hydrogen-bond acceptors (Lipinski definition) is 0. The molecule has 42 heavy (non-hydrogen) atoms. The third-order valence-corrected chi connectivity index (χ3v) is 8.70. The van der Waals surface area contributed by atoms with Crippen molar-refractivity contribution in [1.82, 2.24) is 0 Å². The zero-order valence-electron chi connectivity index (χ0n) is 25.3. The third-order valence-electron chi connectivity index (χ3n) is 8.70. The van der Waals surface area contributed by atoms with Gasteiger partial charge in [0.05, 0.1) is 0 Å². The van der Waals surface area contributed by atoms with Crippen LogP contribution in [-0.2, 0) is 31.6 Å². The molecule has 6 aromatic rings. The average Bonchev–Trinajstić information content (AvgIpc) is 3.46. The van der Waals surface area contributed by atoms with Crippen molar-refractivity contribution in [2.75, 3.05) is 0 Å². The normalized spacial score (nSPS) is 11.4. The summed E-state index contributed by atoms with van der Waals surface area (Å²) in [6, 6.07) is 41.1. The number of hydrogen-bond donors (Lipinski definition) is 0. The quantitative estimate of drug-likeness (QED) is 0.226. The van der Waals surface area contributed by atoms with Crippen molar-refractivity contribution in [1.29, 1.82) is 0 Å². The van der Waals surface area contributed by atoms with Crippen molar-refractivity contribution < 1.29 is 51.0 Å². The molecule has 0 heterocycles. The van der Waals surface area contributed by atoms with Crippen molar-refractivity contribution in [2.45, 2.75) is 58.8 Å². The molecule has 0 fully saturated rings. The van der Waals surface area contributed by atoms with Gasteiger partial charge in [-0.05, 0) is 28.4 Å². The molecule has 0 aliphatic rings. The van der Waals surface area contributed by atoms with Gasteiger partial charge in [-0.3, -0.25) is 0 Å². The molecule has 0 N–H and O–H groups in total. The second-order valence-electron chi connectivity index (χ2n) is 11.8. The number of halogens is 2. The molecule has 0 amide bonds. The zero-order chi connectivity index (χ0) is 27.3. The van der Waals surface area contributed by atoms with E-state index in [0.717, 1.165) is 0 Å². The van der Waals surface area contributed by atoms with Crippen molar-refractivity contribution >= 4 is 21.5 Å². The standard InChI is InChI=1S/C39H38.2ClH.Zr/c1-25(2)33-21-13-15-29-23-27(5)37(35(29)33)39(31-17-9-7-10-18-31,32-19-11-8-12-20-32)38-28(6)24-30-16-14-22-34(26(3)4)36(30)38;;;/h7-26H,1-6H3;2*1H;/q-2;;;+4/p-2. The Morgan fingerprint density at radius 3 is 1.19 bits per heavy atom. The van der Waals surface area contributed by atoms with Crippen molar-refractivity contribution in [2.24, 2.45) is 0 Å². The molecule has 0 radical (unpaired) electrons. The molecule has 0 saturated carbocycles. The maximum atomic E-state index is 2.42. The summed E-state index contributed by atoms with van der Waals surface area (Å²) in [7, 11) is 0. The van der Waals surface area contributed by atoms with Crippen LogP contribution in [0.4, 0.5) is 0 Å². The summed E-state index contributed by atoms with van der Waals surface area (Å²) in [5, 5.41) is 5.49. The van der Waals surface area contributed by atoms with Gasteiger partial charge in [-0.1, -0.05) is 125 Å². The molecule has 0 atom stereocenters. The van der Waals surface area contributed by atoms with Gasteiger partial charge in [0.1, 0.15) is 0 Å². The topological polar surface area (TPSA) is 0 Å². The third kappa shape index (κ3) is 5.28. The van der Waals surface area contributed by atoms with Gasteiger partial charge in [0.15, 0.2) is 0 Å². The van der Waals surface area contributed by atoms with E-state index in [0.29, 0.717) is 11.8 Å². The SMILES string of the molecule is Cc1[cH-]c2cccc(C(C)C)c2c1C(c1ccccc1)(c1ccccc1)c1c(C)[cH-]c2cccc(C(C)C)c12.[Cl-].[Cl-].[Zr+4]. The van der Waals surface area contributed by atoms with E-state index >= 15 is 0 Å². The van der Waals surface area contributed by atoms with Crippen LogP contribution in [-0.4, -0.2) is 0 Å². The van der Waals surface area contributed by atoms with Crippen LogP contribution in [0.15, 0.2) is 109 Å². The monoisotopic (exact) mass is 666 g/mol. The Balaban J connectivity index is 0.00000161. The summed E-state index contributed by atoms with van der Waals surface area (Å²) >= 11 is 0. The van der Waals surface area contributed by atoms with Gasteiger partial charge in [0.2, 0.25) is 0 Å². The molecule has 212 valence electrons. The van der Waals surface area contributed by atoms with Crippen LogP contribution in [0.1, 0.15) is 84.0 Å². The predicted octanol–water partition coefficient (Wildman–Crippen LogP) is 4.68. The molecule has 0 aliphatic carbocycles. The number of aryl methyl sites for hydroxylation is 2. The average molecular weight is 669 g/mol. The zero-order valence-corrected chi connectivity index (χ0v) is 29.3. The minimum atomic E-state index is -0.476. The van der Waals surface area contributed by atoms with Gasteiger partial charge >= 0.3 is 26.2 Å². The minimum Gasteiger partial charge on any atom is -1.00 e. The van der Waals surface area contributed by atoms with Gasteiger partial charge in [-0.2, -0.15) is 0 Å². The van der Waals surface area contributed by atoms with E-state index in [1.165, 1.54) is 66.1 Å². The van der Waals surface area contributed by atoms with Gasteiger partial charge in [0, 0.05) is 0 Å². The molecule has 0 saturated heterocycles. The molecule has 0 aliphatic heterocycles. The summed E-state index contributed by atoms with van der Waals surface area (Å²) in [5.74, 6) is 0.837. The Morgan fingerprint density at radius 1 is 0.500 bits per heavy atom. The maximum absolute atomic E-state index is 2.42. The first kappa shape index (κ1) is 34.1. The van der Waals surface area contributed by atoms with E-state index in [2.05, 4.69) is 151 Å². The van der Waals surface area contributed by atoms with Gasteiger partial charge in [-0.25, -0.2) is 0 Å². The Bertz CT molecular complexity index is 1640. The van der Waals surface area contributed by atoms with E-state index in [4.69, 9.17) is 0 Å². The molecule has 6 rings (SSSR count). The largest absolute Gasteiger partial charge is 4.00 e. The smallest absolute Gasteiger partial charge is 1.00 e. The molecule has 6 aromatic carbocycles. The molecule has 0 unspecified atom stereocenters. The second-order valence-corrected chi connectivity index (χ2v) is 11.8. The molecular weight excluding hydrogens is 631 g/mol. The fraction of sp³-hybridized carbons (Fsp3) is 0.231. The maximum Gasteiger partial charge on any atom is 4.00 e. The summed E-state index contributed by atoms with van der Waals surface area (Å²) in [4.78, 5) is 0. The van der Waals surface area contributed by atoms with Crippen LogP contribution in [0.25, 0.3) is 21.5 Å². The van der Waals surface area contributed by atoms with Gasteiger partial charge in [0.25, 0.3) is 0 Å². The number of rotatable bonds is 6. The van der Waals surface area contributed by atoms with Crippen LogP contribution in [0.2, 0.25) is 0 Å².